The maximum Gasteiger partial charge on any atom is 0.0680 e. The second-order valence-electron chi connectivity index (χ2n) is 2.73. The van der Waals surface area contributed by atoms with Gasteiger partial charge in [0, 0.05) is 6.20 Å². The van der Waals surface area contributed by atoms with Crippen LogP contribution in [0.2, 0.25) is 5.02 Å². The average molecular weight is 183 g/mol. The van der Waals surface area contributed by atoms with Crippen molar-refractivity contribution in [2.24, 2.45) is 5.73 Å². The first-order chi connectivity index (χ1) is 5.61. The highest BCUT2D eigenvalue weighted by Crippen LogP contribution is 2.16. The molecule has 1 heterocycles. The van der Waals surface area contributed by atoms with Gasteiger partial charge in [0.2, 0.25) is 0 Å². The Morgan fingerprint density at radius 1 is 1.67 bits per heavy atom. The van der Waals surface area contributed by atoms with E-state index in [0.29, 0.717) is 5.02 Å². The summed E-state index contributed by atoms with van der Waals surface area (Å²) in [6.07, 6.45) is 1.58. The van der Waals surface area contributed by atoms with Crippen molar-refractivity contribution in [2.75, 3.05) is 0 Å². The van der Waals surface area contributed by atoms with Crippen molar-refractivity contribution in [2.45, 2.75) is 13.0 Å². The van der Waals surface area contributed by atoms with Gasteiger partial charge in [0.25, 0.3) is 0 Å². The molecule has 1 aromatic heterocycles. The molecule has 3 heteroatoms. The number of halogens is 1. The fourth-order valence-corrected chi connectivity index (χ4v) is 0.935. The number of nitrogens with two attached hydrogens (primary N) is 1. The highest BCUT2D eigenvalue weighted by Gasteiger charge is 2.06. The smallest absolute Gasteiger partial charge is 0.0680 e. The molecular weight excluding hydrogens is 172 g/mol. The van der Waals surface area contributed by atoms with E-state index in [1.807, 2.05) is 13.0 Å². The summed E-state index contributed by atoms with van der Waals surface area (Å²) in [4.78, 5) is 4.08. The van der Waals surface area contributed by atoms with Crippen LogP contribution in [-0.2, 0) is 0 Å². The zero-order valence-electron chi connectivity index (χ0n) is 6.92. The largest absolute Gasteiger partial charge is 0.319 e. The minimum atomic E-state index is -0.192. The molecule has 0 aliphatic rings. The van der Waals surface area contributed by atoms with E-state index in [1.54, 1.807) is 12.3 Å². The first-order valence-electron chi connectivity index (χ1n) is 3.63. The van der Waals surface area contributed by atoms with E-state index in [2.05, 4.69) is 11.6 Å². The van der Waals surface area contributed by atoms with Gasteiger partial charge in [0.05, 0.1) is 16.8 Å². The Morgan fingerprint density at radius 2 is 2.33 bits per heavy atom. The van der Waals surface area contributed by atoms with Gasteiger partial charge in [0.15, 0.2) is 0 Å². The molecule has 1 atom stereocenters. The molecule has 1 rings (SSSR count). The van der Waals surface area contributed by atoms with Crippen LogP contribution in [0.1, 0.15) is 18.7 Å². The highest BCUT2D eigenvalue weighted by atomic mass is 35.5. The fourth-order valence-electron chi connectivity index (χ4n) is 0.824. The van der Waals surface area contributed by atoms with E-state index in [-0.39, 0.29) is 6.04 Å². The van der Waals surface area contributed by atoms with Crippen LogP contribution in [0.25, 0.3) is 0 Å². The van der Waals surface area contributed by atoms with Gasteiger partial charge in [-0.15, -0.1) is 0 Å². The van der Waals surface area contributed by atoms with Crippen LogP contribution >= 0.6 is 11.6 Å². The normalized spacial score (nSPS) is 12.6. The molecule has 1 aromatic rings. The number of rotatable bonds is 2. The molecule has 2 N–H and O–H groups in total. The molecule has 12 heavy (non-hydrogen) atoms. The van der Waals surface area contributed by atoms with E-state index in [9.17, 15) is 0 Å². The van der Waals surface area contributed by atoms with Crippen molar-refractivity contribution >= 4 is 11.6 Å². The van der Waals surface area contributed by atoms with Crippen LogP contribution in [0.5, 0.6) is 0 Å². The Bertz CT molecular complexity index is 279. The van der Waals surface area contributed by atoms with Crippen LogP contribution in [0.15, 0.2) is 30.5 Å². The summed E-state index contributed by atoms with van der Waals surface area (Å²) in [7, 11) is 0. The maximum atomic E-state index is 5.78. The molecule has 2 nitrogen and oxygen atoms in total. The lowest BCUT2D eigenvalue weighted by Gasteiger charge is -2.09. The molecule has 0 spiro atoms. The first kappa shape index (κ1) is 9.23. The number of hydrogen-bond acceptors (Lipinski definition) is 2. The maximum absolute atomic E-state index is 5.78. The number of pyridine rings is 1. The summed E-state index contributed by atoms with van der Waals surface area (Å²) >= 11 is 5.67. The second-order valence-corrected chi connectivity index (χ2v) is 3.16. The number of aromatic nitrogens is 1. The average Bonchev–Trinajstić information content (AvgIpc) is 2.04. The molecule has 0 bridgehead atoms. The van der Waals surface area contributed by atoms with Crippen molar-refractivity contribution in [1.82, 2.24) is 4.98 Å². The van der Waals surface area contributed by atoms with Gasteiger partial charge in [-0.3, -0.25) is 4.98 Å². The lowest BCUT2D eigenvalue weighted by molar-refractivity contribution is 0.811. The number of hydrogen-bond donors (Lipinski definition) is 1. The van der Waals surface area contributed by atoms with Gasteiger partial charge in [-0.05, 0) is 19.1 Å². The minimum absolute atomic E-state index is 0.192. The minimum Gasteiger partial charge on any atom is -0.319 e. The van der Waals surface area contributed by atoms with Crippen molar-refractivity contribution in [3.8, 4) is 0 Å². The second kappa shape index (κ2) is 3.70. The molecular formula is C9H11ClN2. The van der Waals surface area contributed by atoms with Crippen molar-refractivity contribution in [1.29, 1.82) is 0 Å². The molecule has 0 amide bonds. The van der Waals surface area contributed by atoms with E-state index in [1.165, 1.54) is 0 Å². The fraction of sp³-hybridized carbons (Fsp3) is 0.222. The third-order valence-electron chi connectivity index (χ3n) is 1.60. The molecule has 0 aromatic carbocycles. The van der Waals surface area contributed by atoms with E-state index in [0.717, 1.165) is 11.3 Å². The number of nitrogens with zero attached hydrogens (tertiary/aromatic N) is 1. The van der Waals surface area contributed by atoms with E-state index in [4.69, 9.17) is 17.3 Å². The van der Waals surface area contributed by atoms with Crippen molar-refractivity contribution in [3.63, 3.8) is 0 Å². The van der Waals surface area contributed by atoms with E-state index < -0.39 is 0 Å². The standard InChI is InChI=1S/C9H11ClN2/c1-6(2)9(11)8-4-3-7(10)5-12-8/h3-5,9H,1,11H2,2H3. The Kier molecular flexibility index (Phi) is 2.84. The summed E-state index contributed by atoms with van der Waals surface area (Å²) in [5.74, 6) is 0. The quantitative estimate of drug-likeness (QED) is 0.713. The zero-order chi connectivity index (χ0) is 9.14. The summed E-state index contributed by atoms with van der Waals surface area (Å²) in [5, 5.41) is 0.618. The summed E-state index contributed by atoms with van der Waals surface area (Å²) in [6, 6.07) is 3.39. The Morgan fingerprint density at radius 3 is 2.75 bits per heavy atom. The first-order valence-corrected chi connectivity index (χ1v) is 4.01. The van der Waals surface area contributed by atoms with Crippen LogP contribution in [-0.4, -0.2) is 4.98 Å². The molecule has 0 fully saturated rings. The molecule has 64 valence electrons. The van der Waals surface area contributed by atoms with Crippen molar-refractivity contribution < 1.29 is 0 Å². The Labute approximate surface area is 77.1 Å². The predicted octanol–water partition coefficient (Wildman–Crippen LogP) is 2.31. The highest BCUT2D eigenvalue weighted by molar-refractivity contribution is 6.30. The van der Waals surface area contributed by atoms with Crippen LogP contribution in [0.3, 0.4) is 0 Å². The van der Waals surface area contributed by atoms with Gasteiger partial charge in [-0.25, -0.2) is 0 Å². The SMILES string of the molecule is C=C(C)C(N)c1ccc(Cl)cn1. The van der Waals surface area contributed by atoms with Gasteiger partial charge in [-0.1, -0.05) is 23.8 Å². The zero-order valence-corrected chi connectivity index (χ0v) is 7.67. The van der Waals surface area contributed by atoms with Gasteiger partial charge in [-0.2, -0.15) is 0 Å². The van der Waals surface area contributed by atoms with Crippen molar-refractivity contribution in [3.05, 3.63) is 41.2 Å². The molecule has 0 saturated carbocycles. The summed E-state index contributed by atoms with van der Waals surface area (Å²) in [5.41, 5.74) is 7.47. The molecule has 0 radical (unpaired) electrons. The van der Waals surface area contributed by atoms with Crippen LogP contribution in [0.4, 0.5) is 0 Å². The lowest BCUT2D eigenvalue weighted by Crippen LogP contribution is -2.12. The van der Waals surface area contributed by atoms with Gasteiger partial charge < -0.3 is 5.73 Å². The summed E-state index contributed by atoms with van der Waals surface area (Å²) in [6.45, 7) is 5.63. The molecule has 0 aliphatic heterocycles. The van der Waals surface area contributed by atoms with Crippen LogP contribution in [0, 0.1) is 0 Å². The molecule has 0 saturated heterocycles. The summed E-state index contributed by atoms with van der Waals surface area (Å²) < 4.78 is 0. The van der Waals surface area contributed by atoms with E-state index >= 15 is 0 Å². The Hall–Kier alpha value is -0.860. The van der Waals surface area contributed by atoms with Crippen LogP contribution < -0.4 is 5.73 Å². The third-order valence-corrected chi connectivity index (χ3v) is 1.82. The molecule has 0 aliphatic carbocycles. The van der Waals surface area contributed by atoms with Gasteiger partial charge >= 0.3 is 0 Å². The van der Waals surface area contributed by atoms with Gasteiger partial charge in [0.1, 0.15) is 0 Å². The monoisotopic (exact) mass is 182 g/mol. The lowest BCUT2D eigenvalue weighted by atomic mass is 10.1. The third kappa shape index (κ3) is 2.06. The topological polar surface area (TPSA) is 38.9 Å². The molecule has 1 unspecified atom stereocenters. The Balaban J connectivity index is 2.89. The predicted molar refractivity (Wildman–Crippen MR) is 51.0 cm³/mol.